The van der Waals surface area contributed by atoms with Crippen LogP contribution in [0.1, 0.15) is 162 Å². The third-order valence-electron chi connectivity index (χ3n) is 9.74. The largest absolute Gasteiger partial charge is 0.472 e. The molecule has 0 aromatic heterocycles. The average Bonchev–Trinajstić information content (AvgIpc) is 3.24. The monoisotopic (exact) mass is 953 g/mol. The van der Waals surface area contributed by atoms with Crippen LogP contribution in [0, 0.1) is 0 Å². The van der Waals surface area contributed by atoms with Crippen molar-refractivity contribution in [2.45, 2.75) is 192 Å². The van der Waals surface area contributed by atoms with Crippen molar-refractivity contribution in [3.05, 3.63) is 60.8 Å². The van der Waals surface area contributed by atoms with Crippen LogP contribution in [0.15, 0.2) is 60.8 Å². The molecule has 0 radical (unpaired) electrons. The second-order valence-corrected chi connectivity index (χ2v) is 18.6. The quantitative estimate of drug-likeness (QED) is 0.00990. The van der Waals surface area contributed by atoms with E-state index in [4.69, 9.17) is 23.8 Å². The van der Waals surface area contributed by atoms with Gasteiger partial charge in [-0.25, -0.2) is 9.13 Å². The molecule has 18 heteroatoms. The van der Waals surface area contributed by atoms with Crippen LogP contribution in [-0.4, -0.2) is 104 Å². The van der Waals surface area contributed by atoms with Crippen LogP contribution >= 0.6 is 15.6 Å². The Bertz CT molecular complexity index is 1410. The highest BCUT2D eigenvalue weighted by atomic mass is 31.2. The summed E-state index contributed by atoms with van der Waals surface area (Å²) in [6, 6.07) is 0. The lowest BCUT2D eigenvalue weighted by molar-refractivity contribution is -0.161. The Kier molecular flexibility index (Phi) is 39.5. The minimum absolute atomic E-state index is 0.0512. The Morgan fingerprint density at radius 3 is 1.64 bits per heavy atom. The SMILES string of the molecule is CCCCCCCC/C=C\CCCCCCCCCC(=O)O[C@H](COC(=O)CCC[C@@H](O)[C@H](O)/C=C/C=C/C=C\C=C\[C@H](O)CCCCC)COP(=O)(O)OC[C@@H](O)COP(=O)(O)O. The molecule has 7 N–H and O–H groups in total. The van der Waals surface area contributed by atoms with Crippen molar-refractivity contribution in [2.24, 2.45) is 0 Å². The maximum absolute atomic E-state index is 12.7. The first-order valence-electron chi connectivity index (χ1n) is 23.3. The number of esters is 2. The minimum atomic E-state index is -4.90. The number of aliphatic hydroxyl groups is 4. The molecule has 16 nitrogen and oxygen atoms in total. The van der Waals surface area contributed by atoms with Crippen molar-refractivity contribution in [1.29, 1.82) is 0 Å². The number of hydrogen-bond donors (Lipinski definition) is 7. The van der Waals surface area contributed by atoms with Crippen molar-refractivity contribution < 1.29 is 76.9 Å². The molecule has 0 aromatic carbocycles. The molecule has 372 valence electrons. The highest BCUT2D eigenvalue weighted by molar-refractivity contribution is 7.47. The van der Waals surface area contributed by atoms with Gasteiger partial charge in [-0.1, -0.05) is 158 Å². The molecule has 0 saturated carbocycles. The fraction of sp³-hybridized carbons (Fsp3) is 0.739. The van der Waals surface area contributed by atoms with Crippen molar-refractivity contribution in [3.63, 3.8) is 0 Å². The van der Waals surface area contributed by atoms with Gasteiger partial charge in [0.1, 0.15) is 12.7 Å². The second kappa shape index (κ2) is 40.9. The van der Waals surface area contributed by atoms with Gasteiger partial charge in [-0.05, 0) is 51.4 Å². The van der Waals surface area contributed by atoms with Gasteiger partial charge in [-0.3, -0.25) is 23.2 Å². The van der Waals surface area contributed by atoms with E-state index in [1.807, 2.05) is 0 Å². The first kappa shape index (κ1) is 61.7. The van der Waals surface area contributed by atoms with Gasteiger partial charge in [-0.15, -0.1) is 0 Å². The Labute approximate surface area is 382 Å². The van der Waals surface area contributed by atoms with Crippen LogP contribution in [0.2, 0.25) is 0 Å². The molecule has 6 atom stereocenters. The van der Waals surface area contributed by atoms with Crippen LogP contribution in [0.25, 0.3) is 0 Å². The van der Waals surface area contributed by atoms with Gasteiger partial charge < -0.3 is 44.6 Å². The summed E-state index contributed by atoms with van der Waals surface area (Å²) in [7, 11) is -9.80. The number of phosphoric acid groups is 2. The fourth-order valence-electron chi connectivity index (χ4n) is 6.02. The number of unbranched alkanes of at least 4 members (excludes halogenated alkanes) is 15. The summed E-state index contributed by atoms with van der Waals surface area (Å²) in [5.74, 6) is -1.37. The van der Waals surface area contributed by atoms with E-state index >= 15 is 0 Å². The number of hydrogen-bond acceptors (Lipinski definition) is 13. The van der Waals surface area contributed by atoms with Crippen LogP contribution in [-0.2, 0) is 41.8 Å². The lowest BCUT2D eigenvalue weighted by Gasteiger charge is -2.20. The van der Waals surface area contributed by atoms with Gasteiger partial charge in [0.15, 0.2) is 6.10 Å². The third kappa shape index (κ3) is 42.3. The lowest BCUT2D eigenvalue weighted by atomic mass is 10.1. The Morgan fingerprint density at radius 2 is 1.03 bits per heavy atom. The predicted molar refractivity (Wildman–Crippen MR) is 248 cm³/mol. The molecule has 0 rings (SSSR count). The highest BCUT2D eigenvalue weighted by Gasteiger charge is 2.28. The van der Waals surface area contributed by atoms with Gasteiger partial charge in [-0.2, -0.15) is 0 Å². The van der Waals surface area contributed by atoms with Crippen LogP contribution in [0.3, 0.4) is 0 Å². The summed E-state index contributed by atoms with van der Waals surface area (Å²) in [4.78, 5) is 52.8. The fourth-order valence-corrected chi connectivity index (χ4v) is 7.18. The number of ether oxygens (including phenoxy) is 2. The number of carbonyl (C=O) groups excluding carboxylic acids is 2. The number of aliphatic hydroxyl groups excluding tert-OH is 4. The topological polar surface area (TPSA) is 256 Å². The van der Waals surface area contributed by atoms with Gasteiger partial charge in [0.05, 0.1) is 38.1 Å². The van der Waals surface area contributed by atoms with Gasteiger partial charge in [0.25, 0.3) is 0 Å². The van der Waals surface area contributed by atoms with Crippen LogP contribution in [0.4, 0.5) is 0 Å². The van der Waals surface area contributed by atoms with E-state index in [0.717, 1.165) is 77.0 Å². The number of rotatable bonds is 43. The van der Waals surface area contributed by atoms with E-state index in [2.05, 4.69) is 35.0 Å². The minimum Gasteiger partial charge on any atom is -0.462 e. The molecule has 0 aliphatic rings. The summed E-state index contributed by atoms with van der Waals surface area (Å²) in [6.45, 7) is 1.27. The summed E-state index contributed by atoms with van der Waals surface area (Å²) in [5.41, 5.74) is 0. The smallest absolute Gasteiger partial charge is 0.462 e. The van der Waals surface area contributed by atoms with Crippen LogP contribution in [0.5, 0.6) is 0 Å². The summed E-state index contributed by atoms with van der Waals surface area (Å²) in [5, 5.41) is 40.3. The van der Waals surface area contributed by atoms with Crippen molar-refractivity contribution in [3.8, 4) is 0 Å². The predicted octanol–water partition coefficient (Wildman–Crippen LogP) is 8.92. The van der Waals surface area contributed by atoms with Gasteiger partial charge in [0, 0.05) is 12.8 Å². The molecule has 0 aromatic rings. The second-order valence-electron chi connectivity index (χ2n) is 15.9. The highest BCUT2D eigenvalue weighted by Crippen LogP contribution is 2.43. The third-order valence-corrected chi connectivity index (χ3v) is 11.2. The molecule has 0 amide bonds. The van der Waals surface area contributed by atoms with E-state index in [9.17, 15) is 44.0 Å². The van der Waals surface area contributed by atoms with Gasteiger partial charge in [0.2, 0.25) is 0 Å². The Hall–Kier alpha value is -2.30. The van der Waals surface area contributed by atoms with E-state index in [1.54, 1.807) is 42.5 Å². The molecule has 0 saturated heterocycles. The standard InChI is InChI=1S/C46H82O16P2/c1-3-5-7-8-9-10-11-12-13-14-15-16-17-18-19-24-28-34-46(52)62-42(39-61-64(56,57)60-37-41(48)36-59-63(53,54)55)38-58-45(51)35-29-33-44(50)43(49)32-27-23-21-20-22-26-31-40(47)30-25-6-4-2/h12-13,20-23,26-27,31-32,40-44,47-50H,3-11,14-19,24-25,28-30,33-39H2,1-2H3,(H,56,57)(H2,53,54,55)/b13-12-,22-20-,23-21+,31-26+,32-27+/t40-,41+,42-,43-,44-/m1/s1. The first-order valence-corrected chi connectivity index (χ1v) is 26.3. The number of phosphoric ester groups is 2. The lowest BCUT2D eigenvalue weighted by Crippen LogP contribution is -2.30. The molecule has 0 heterocycles. The Morgan fingerprint density at radius 1 is 0.531 bits per heavy atom. The number of carbonyl (C=O) groups is 2. The Balaban J connectivity index is 4.79. The summed E-state index contributed by atoms with van der Waals surface area (Å²) >= 11 is 0. The zero-order valence-electron chi connectivity index (χ0n) is 38.5. The maximum Gasteiger partial charge on any atom is 0.472 e. The zero-order chi connectivity index (χ0) is 47.7. The molecule has 0 bridgehead atoms. The average molecular weight is 953 g/mol. The van der Waals surface area contributed by atoms with E-state index in [0.29, 0.717) is 6.42 Å². The molecule has 0 spiro atoms. The first-order chi connectivity index (χ1) is 30.6. The normalized spacial score (nSPS) is 16.0. The molecular formula is C46H82O16P2. The van der Waals surface area contributed by atoms with E-state index in [-0.39, 0.29) is 25.7 Å². The molecule has 64 heavy (non-hydrogen) atoms. The molecule has 1 unspecified atom stereocenters. The zero-order valence-corrected chi connectivity index (χ0v) is 40.2. The summed E-state index contributed by atoms with van der Waals surface area (Å²) < 4.78 is 47.6. The molecule has 0 aliphatic carbocycles. The molecular weight excluding hydrogens is 870 g/mol. The van der Waals surface area contributed by atoms with Crippen molar-refractivity contribution in [1.82, 2.24) is 0 Å². The van der Waals surface area contributed by atoms with E-state index < -0.39 is 84.5 Å². The van der Waals surface area contributed by atoms with E-state index in [1.165, 1.54) is 44.6 Å². The maximum atomic E-state index is 12.7. The van der Waals surface area contributed by atoms with Crippen LogP contribution < -0.4 is 0 Å². The van der Waals surface area contributed by atoms with Gasteiger partial charge >= 0.3 is 27.6 Å². The summed E-state index contributed by atoms with van der Waals surface area (Å²) in [6.07, 6.45) is 32.8. The van der Waals surface area contributed by atoms with Crippen molar-refractivity contribution in [2.75, 3.05) is 26.4 Å². The molecule has 0 fully saturated rings. The van der Waals surface area contributed by atoms with Crippen molar-refractivity contribution >= 4 is 27.6 Å². The number of allylic oxidation sites excluding steroid dienone is 8. The molecule has 0 aliphatic heterocycles.